The summed E-state index contributed by atoms with van der Waals surface area (Å²) in [6, 6.07) is 0. The van der Waals surface area contributed by atoms with E-state index in [0.29, 0.717) is 4.88 Å². The molecule has 5 nitrogen and oxygen atoms in total. The Hall–Kier alpha value is -1.01. The summed E-state index contributed by atoms with van der Waals surface area (Å²) in [7, 11) is 0. The SMILES string of the molecule is O=[N+]([O-])c1ncc(CO)s1. The highest BCUT2D eigenvalue weighted by Crippen LogP contribution is 2.19. The Balaban J connectivity index is 2.88. The van der Waals surface area contributed by atoms with Gasteiger partial charge in [0.25, 0.3) is 0 Å². The summed E-state index contributed by atoms with van der Waals surface area (Å²) >= 11 is 0.881. The second-order valence-electron chi connectivity index (χ2n) is 1.52. The van der Waals surface area contributed by atoms with Crippen molar-refractivity contribution in [3.63, 3.8) is 0 Å². The predicted octanol–water partition coefficient (Wildman–Crippen LogP) is 0.544. The highest BCUT2D eigenvalue weighted by atomic mass is 32.1. The van der Waals surface area contributed by atoms with Gasteiger partial charge in [-0.05, 0) is 21.2 Å². The molecule has 1 aromatic rings. The molecule has 0 saturated carbocycles. The van der Waals surface area contributed by atoms with Crippen LogP contribution in [-0.2, 0) is 6.61 Å². The van der Waals surface area contributed by atoms with E-state index in [1.165, 1.54) is 6.20 Å². The maximum atomic E-state index is 10.0. The molecule has 1 N–H and O–H groups in total. The number of aliphatic hydroxyl groups excluding tert-OH is 1. The summed E-state index contributed by atoms with van der Waals surface area (Å²) in [5, 5.41) is 18.3. The van der Waals surface area contributed by atoms with Crippen LogP contribution < -0.4 is 0 Å². The van der Waals surface area contributed by atoms with Crippen LogP contribution in [-0.4, -0.2) is 15.0 Å². The van der Waals surface area contributed by atoms with E-state index in [2.05, 4.69) is 4.98 Å². The van der Waals surface area contributed by atoms with Gasteiger partial charge >= 0.3 is 5.13 Å². The lowest BCUT2D eigenvalue weighted by molar-refractivity contribution is -0.384. The first-order valence-electron chi connectivity index (χ1n) is 2.44. The first-order chi connectivity index (χ1) is 4.74. The van der Waals surface area contributed by atoms with Crippen molar-refractivity contribution in [3.05, 3.63) is 21.2 Å². The fourth-order valence-corrected chi connectivity index (χ4v) is 1.04. The monoisotopic (exact) mass is 160 g/mol. The van der Waals surface area contributed by atoms with E-state index in [4.69, 9.17) is 5.11 Å². The van der Waals surface area contributed by atoms with E-state index < -0.39 is 4.92 Å². The minimum atomic E-state index is -0.580. The van der Waals surface area contributed by atoms with Crippen molar-refractivity contribution >= 4 is 16.5 Å². The Kier molecular flexibility index (Phi) is 1.93. The van der Waals surface area contributed by atoms with Crippen molar-refractivity contribution in [1.82, 2.24) is 4.98 Å². The molecule has 0 aliphatic carbocycles. The third-order valence-electron chi connectivity index (χ3n) is 0.853. The van der Waals surface area contributed by atoms with E-state index in [-0.39, 0.29) is 11.7 Å². The van der Waals surface area contributed by atoms with Crippen LogP contribution in [0.3, 0.4) is 0 Å². The minimum absolute atomic E-state index is 0.177. The van der Waals surface area contributed by atoms with Crippen molar-refractivity contribution in [3.8, 4) is 0 Å². The minimum Gasteiger partial charge on any atom is -0.391 e. The lowest BCUT2D eigenvalue weighted by Crippen LogP contribution is -1.83. The average Bonchev–Trinajstić information content (AvgIpc) is 2.34. The second-order valence-corrected chi connectivity index (χ2v) is 2.62. The van der Waals surface area contributed by atoms with Crippen LogP contribution in [0.2, 0.25) is 0 Å². The van der Waals surface area contributed by atoms with Gasteiger partial charge in [-0.1, -0.05) is 0 Å². The van der Waals surface area contributed by atoms with Crippen LogP contribution >= 0.6 is 11.3 Å². The molecule has 0 saturated heterocycles. The molecule has 0 atom stereocenters. The molecule has 0 aliphatic rings. The maximum absolute atomic E-state index is 10.0. The van der Waals surface area contributed by atoms with Gasteiger partial charge in [0, 0.05) is 0 Å². The molecule has 0 amide bonds. The zero-order valence-electron chi connectivity index (χ0n) is 4.85. The van der Waals surface area contributed by atoms with Gasteiger partial charge in [0.2, 0.25) is 0 Å². The van der Waals surface area contributed by atoms with Crippen LogP contribution in [0.5, 0.6) is 0 Å². The van der Waals surface area contributed by atoms with Crippen molar-refractivity contribution in [2.24, 2.45) is 0 Å². The molecular formula is C4H4N2O3S. The fraction of sp³-hybridized carbons (Fsp3) is 0.250. The maximum Gasteiger partial charge on any atom is 0.423 e. The molecule has 10 heavy (non-hydrogen) atoms. The topological polar surface area (TPSA) is 76.3 Å². The number of rotatable bonds is 2. The van der Waals surface area contributed by atoms with Gasteiger partial charge in [0.05, 0.1) is 11.5 Å². The molecule has 0 bridgehead atoms. The molecule has 54 valence electrons. The summed E-state index contributed by atoms with van der Waals surface area (Å²) in [6.07, 6.45) is 1.29. The summed E-state index contributed by atoms with van der Waals surface area (Å²) in [5.41, 5.74) is 0. The Bertz CT molecular complexity index is 246. The van der Waals surface area contributed by atoms with Crippen LogP contribution in [0.15, 0.2) is 6.20 Å². The molecule has 0 fully saturated rings. The van der Waals surface area contributed by atoms with Gasteiger partial charge in [-0.25, -0.2) is 0 Å². The number of aromatic nitrogens is 1. The number of aliphatic hydroxyl groups is 1. The normalized spacial score (nSPS) is 9.70. The number of hydrogen-bond donors (Lipinski definition) is 1. The molecule has 0 radical (unpaired) electrons. The van der Waals surface area contributed by atoms with E-state index in [9.17, 15) is 10.1 Å². The fourth-order valence-electron chi connectivity index (χ4n) is 0.455. The highest BCUT2D eigenvalue weighted by molar-refractivity contribution is 7.14. The summed E-state index contributed by atoms with van der Waals surface area (Å²) in [4.78, 5) is 13.4. The van der Waals surface area contributed by atoms with Crippen LogP contribution in [0, 0.1) is 10.1 Å². The molecule has 0 aliphatic heterocycles. The quantitative estimate of drug-likeness (QED) is 0.506. The standard InChI is InChI=1S/C4H4N2O3S/c7-2-3-1-5-4(10-3)6(8)9/h1,7H,2H2. The Morgan fingerprint density at radius 3 is 2.90 bits per heavy atom. The average molecular weight is 160 g/mol. The third kappa shape index (κ3) is 1.28. The number of nitrogens with zero attached hydrogens (tertiary/aromatic N) is 2. The molecule has 0 spiro atoms. The van der Waals surface area contributed by atoms with E-state index in [1.807, 2.05) is 0 Å². The largest absolute Gasteiger partial charge is 0.423 e. The van der Waals surface area contributed by atoms with Crippen LogP contribution in [0.1, 0.15) is 4.88 Å². The van der Waals surface area contributed by atoms with Crippen LogP contribution in [0.4, 0.5) is 5.13 Å². The van der Waals surface area contributed by atoms with Gasteiger partial charge in [0.1, 0.15) is 0 Å². The van der Waals surface area contributed by atoms with Gasteiger partial charge in [-0.15, -0.1) is 0 Å². The Labute approximate surface area is 60.1 Å². The first-order valence-corrected chi connectivity index (χ1v) is 3.25. The van der Waals surface area contributed by atoms with Crippen LogP contribution in [0.25, 0.3) is 0 Å². The molecule has 1 rings (SSSR count). The number of nitro groups is 1. The summed E-state index contributed by atoms with van der Waals surface area (Å²) in [6.45, 7) is -0.189. The van der Waals surface area contributed by atoms with Gasteiger partial charge in [0.15, 0.2) is 6.20 Å². The van der Waals surface area contributed by atoms with Crippen molar-refractivity contribution in [2.75, 3.05) is 0 Å². The molecule has 1 aromatic heterocycles. The first kappa shape index (κ1) is 7.10. The highest BCUT2D eigenvalue weighted by Gasteiger charge is 2.10. The van der Waals surface area contributed by atoms with E-state index in [1.54, 1.807) is 0 Å². The number of hydrogen-bond acceptors (Lipinski definition) is 5. The molecule has 0 aromatic carbocycles. The molecule has 6 heteroatoms. The van der Waals surface area contributed by atoms with Gasteiger partial charge in [-0.3, -0.25) is 0 Å². The van der Waals surface area contributed by atoms with Crippen molar-refractivity contribution in [2.45, 2.75) is 6.61 Å². The summed E-state index contributed by atoms with van der Waals surface area (Å²) < 4.78 is 0. The van der Waals surface area contributed by atoms with E-state index >= 15 is 0 Å². The zero-order valence-corrected chi connectivity index (χ0v) is 5.67. The number of thiazole rings is 1. The Morgan fingerprint density at radius 1 is 1.90 bits per heavy atom. The lowest BCUT2D eigenvalue weighted by atomic mass is 10.6. The summed E-state index contributed by atoms with van der Waals surface area (Å²) in [5.74, 6) is 0. The molecular weight excluding hydrogens is 156 g/mol. The van der Waals surface area contributed by atoms with Crippen molar-refractivity contribution < 1.29 is 10.0 Å². The van der Waals surface area contributed by atoms with E-state index in [0.717, 1.165) is 11.3 Å². The molecule has 1 heterocycles. The predicted molar refractivity (Wildman–Crippen MR) is 34.7 cm³/mol. The Morgan fingerprint density at radius 2 is 2.60 bits per heavy atom. The second kappa shape index (κ2) is 2.72. The zero-order chi connectivity index (χ0) is 7.56. The smallest absolute Gasteiger partial charge is 0.391 e. The van der Waals surface area contributed by atoms with Gasteiger partial charge in [-0.2, -0.15) is 0 Å². The third-order valence-corrected chi connectivity index (χ3v) is 1.79. The van der Waals surface area contributed by atoms with Crippen molar-refractivity contribution in [1.29, 1.82) is 0 Å². The lowest BCUT2D eigenvalue weighted by Gasteiger charge is -1.82. The molecule has 0 unspecified atom stereocenters. The van der Waals surface area contributed by atoms with Gasteiger partial charge < -0.3 is 15.2 Å².